The third-order valence-electron chi connectivity index (χ3n) is 4.00. The van der Waals surface area contributed by atoms with Crippen LogP contribution in [0.3, 0.4) is 0 Å². The average molecular weight is 381 g/mol. The van der Waals surface area contributed by atoms with E-state index in [0.717, 1.165) is 34.9 Å². The minimum Gasteiger partial charge on any atom is -0.354 e. The zero-order valence-electron chi connectivity index (χ0n) is 13.7. The maximum absolute atomic E-state index is 12.9. The molecule has 1 aliphatic rings. The van der Waals surface area contributed by atoms with Gasteiger partial charge in [0.2, 0.25) is 0 Å². The summed E-state index contributed by atoms with van der Waals surface area (Å²) in [5.74, 6) is 1.06. The van der Waals surface area contributed by atoms with Crippen LogP contribution in [0.1, 0.15) is 50.0 Å². The molecule has 0 aliphatic carbocycles. The van der Waals surface area contributed by atoms with Gasteiger partial charge in [-0.25, -0.2) is 0 Å². The van der Waals surface area contributed by atoms with Gasteiger partial charge in [0.1, 0.15) is 0 Å². The molecular weight excluding hydrogens is 360 g/mol. The standard InChI is InChI=1S/C17H20N2O2S3/c1-3-22-15-9-8-14(24-15)17(21)19-10-4-5-11(19)12-6-7-13(23-12)16(20)18-2/h6-9,11H,3-5,10H2,1-2H3,(H,18,20). The molecule has 2 aromatic rings. The zero-order chi connectivity index (χ0) is 17.1. The molecule has 7 heteroatoms. The first-order chi connectivity index (χ1) is 11.6. The lowest BCUT2D eigenvalue weighted by Gasteiger charge is -2.23. The SMILES string of the molecule is CCSc1ccc(C(=O)N2CCCC2c2ccc(C(=O)NC)s2)s1. The van der Waals surface area contributed by atoms with E-state index in [1.54, 1.807) is 30.1 Å². The van der Waals surface area contributed by atoms with Crippen LogP contribution in [-0.2, 0) is 0 Å². The fourth-order valence-electron chi connectivity index (χ4n) is 2.88. The molecule has 3 heterocycles. The molecule has 1 fully saturated rings. The number of hydrogen-bond acceptors (Lipinski definition) is 5. The number of hydrogen-bond donors (Lipinski definition) is 1. The summed E-state index contributed by atoms with van der Waals surface area (Å²) >= 11 is 4.83. The zero-order valence-corrected chi connectivity index (χ0v) is 16.2. The molecule has 2 amide bonds. The van der Waals surface area contributed by atoms with Crippen LogP contribution in [0, 0.1) is 0 Å². The second-order valence-corrected chi connectivity index (χ2v) is 9.25. The Hall–Kier alpha value is -1.31. The predicted molar refractivity (Wildman–Crippen MR) is 101 cm³/mol. The molecule has 128 valence electrons. The van der Waals surface area contributed by atoms with Crippen molar-refractivity contribution in [3.05, 3.63) is 38.9 Å². The van der Waals surface area contributed by atoms with Crippen LogP contribution in [0.5, 0.6) is 0 Å². The van der Waals surface area contributed by atoms with Gasteiger partial charge < -0.3 is 10.2 Å². The molecule has 1 N–H and O–H groups in total. The lowest BCUT2D eigenvalue weighted by atomic mass is 10.2. The van der Waals surface area contributed by atoms with E-state index in [0.29, 0.717) is 4.88 Å². The Morgan fingerprint density at radius 1 is 1.25 bits per heavy atom. The number of nitrogens with zero attached hydrogens (tertiary/aromatic N) is 1. The third kappa shape index (κ3) is 3.53. The van der Waals surface area contributed by atoms with E-state index >= 15 is 0 Å². The Labute approximate surface area is 154 Å². The molecule has 24 heavy (non-hydrogen) atoms. The van der Waals surface area contributed by atoms with Gasteiger partial charge in [-0.1, -0.05) is 6.92 Å². The van der Waals surface area contributed by atoms with Crippen molar-refractivity contribution in [2.24, 2.45) is 0 Å². The molecule has 0 bridgehead atoms. The van der Waals surface area contributed by atoms with E-state index in [1.165, 1.54) is 15.5 Å². The molecule has 0 saturated carbocycles. The van der Waals surface area contributed by atoms with E-state index in [9.17, 15) is 9.59 Å². The highest BCUT2D eigenvalue weighted by Crippen LogP contribution is 2.38. The fourth-order valence-corrected chi connectivity index (χ4v) is 5.98. The smallest absolute Gasteiger partial charge is 0.264 e. The van der Waals surface area contributed by atoms with E-state index in [1.807, 2.05) is 29.2 Å². The summed E-state index contributed by atoms with van der Waals surface area (Å²) in [6, 6.07) is 7.89. The number of thioether (sulfide) groups is 1. The van der Waals surface area contributed by atoms with Crippen molar-refractivity contribution in [2.45, 2.75) is 30.0 Å². The van der Waals surface area contributed by atoms with Crippen molar-refractivity contribution < 1.29 is 9.59 Å². The van der Waals surface area contributed by atoms with Crippen LogP contribution in [0.2, 0.25) is 0 Å². The van der Waals surface area contributed by atoms with E-state index in [2.05, 4.69) is 12.2 Å². The normalized spacial score (nSPS) is 17.2. The lowest BCUT2D eigenvalue weighted by Crippen LogP contribution is -2.29. The van der Waals surface area contributed by atoms with E-state index < -0.39 is 0 Å². The maximum Gasteiger partial charge on any atom is 0.264 e. The summed E-state index contributed by atoms with van der Waals surface area (Å²) in [5, 5.41) is 2.65. The summed E-state index contributed by atoms with van der Waals surface area (Å²) in [6.45, 7) is 2.90. The van der Waals surface area contributed by atoms with Gasteiger partial charge in [-0.05, 0) is 42.9 Å². The molecule has 1 aliphatic heterocycles. The fraction of sp³-hybridized carbons (Fsp3) is 0.412. The first kappa shape index (κ1) is 17.5. The number of carbonyl (C=O) groups is 2. The van der Waals surface area contributed by atoms with Crippen molar-refractivity contribution in [1.29, 1.82) is 0 Å². The summed E-state index contributed by atoms with van der Waals surface area (Å²) in [4.78, 5) is 29.2. The maximum atomic E-state index is 12.9. The van der Waals surface area contributed by atoms with Gasteiger partial charge in [0.15, 0.2) is 0 Å². The minimum absolute atomic E-state index is 0.0680. The topological polar surface area (TPSA) is 49.4 Å². The van der Waals surface area contributed by atoms with E-state index in [-0.39, 0.29) is 17.9 Å². The predicted octanol–water partition coefficient (Wildman–Crippen LogP) is 4.26. The quantitative estimate of drug-likeness (QED) is 0.789. The minimum atomic E-state index is -0.0680. The van der Waals surface area contributed by atoms with Crippen molar-refractivity contribution in [3.63, 3.8) is 0 Å². The summed E-state index contributed by atoms with van der Waals surface area (Å²) in [7, 11) is 1.63. The highest BCUT2D eigenvalue weighted by Gasteiger charge is 2.32. The molecule has 1 atom stereocenters. The molecule has 4 nitrogen and oxygen atoms in total. The first-order valence-corrected chi connectivity index (χ1v) is 10.6. The Kier molecular flexibility index (Phi) is 5.63. The summed E-state index contributed by atoms with van der Waals surface area (Å²) in [5.41, 5.74) is 0. The van der Waals surface area contributed by atoms with Gasteiger partial charge in [-0.2, -0.15) is 0 Å². The van der Waals surface area contributed by atoms with Crippen molar-refractivity contribution in [3.8, 4) is 0 Å². The van der Waals surface area contributed by atoms with Gasteiger partial charge in [0.05, 0.1) is 20.0 Å². The van der Waals surface area contributed by atoms with Crippen LogP contribution in [0.25, 0.3) is 0 Å². The monoisotopic (exact) mass is 380 g/mol. The number of nitrogens with one attached hydrogen (secondary N) is 1. The van der Waals surface area contributed by atoms with Gasteiger partial charge >= 0.3 is 0 Å². The third-order valence-corrected chi connectivity index (χ3v) is 7.36. The Bertz CT molecular complexity index is 738. The van der Waals surface area contributed by atoms with Crippen LogP contribution in [-0.4, -0.2) is 36.1 Å². The number of amides is 2. The number of thiophene rings is 2. The van der Waals surface area contributed by atoms with Crippen LogP contribution in [0.15, 0.2) is 28.5 Å². The van der Waals surface area contributed by atoms with Crippen molar-refractivity contribution in [2.75, 3.05) is 19.3 Å². The van der Waals surface area contributed by atoms with Gasteiger partial charge in [0, 0.05) is 18.5 Å². The van der Waals surface area contributed by atoms with E-state index in [4.69, 9.17) is 0 Å². The Morgan fingerprint density at radius 3 is 2.79 bits per heavy atom. The highest BCUT2D eigenvalue weighted by molar-refractivity contribution is 8.01. The van der Waals surface area contributed by atoms with Gasteiger partial charge in [-0.3, -0.25) is 9.59 Å². The first-order valence-electron chi connectivity index (χ1n) is 7.99. The number of rotatable bonds is 5. The molecule has 0 spiro atoms. The second-order valence-electron chi connectivity index (χ2n) is 5.49. The molecule has 0 aromatic carbocycles. The molecule has 3 rings (SSSR count). The highest BCUT2D eigenvalue weighted by atomic mass is 32.2. The molecule has 2 aromatic heterocycles. The van der Waals surface area contributed by atoms with Crippen molar-refractivity contribution >= 4 is 46.2 Å². The number of carbonyl (C=O) groups excluding carboxylic acids is 2. The van der Waals surface area contributed by atoms with Gasteiger partial charge in [0.25, 0.3) is 11.8 Å². The second kappa shape index (κ2) is 7.72. The number of likely N-dealkylation sites (tertiary alicyclic amines) is 1. The van der Waals surface area contributed by atoms with Crippen LogP contribution in [0.4, 0.5) is 0 Å². The molecule has 0 radical (unpaired) electrons. The van der Waals surface area contributed by atoms with Crippen molar-refractivity contribution in [1.82, 2.24) is 10.2 Å². The molecular formula is C17H20N2O2S3. The largest absolute Gasteiger partial charge is 0.354 e. The summed E-state index contributed by atoms with van der Waals surface area (Å²) in [6.07, 6.45) is 1.97. The lowest BCUT2D eigenvalue weighted by molar-refractivity contribution is 0.0742. The molecule has 1 saturated heterocycles. The van der Waals surface area contributed by atoms with Crippen LogP contribution < -0.4 is 5.32 Å². The summed E-state index contributed by atoms with van der Waals surface area (Å²) < 4.78 is 1.19. The molecule has 1 unspecified atom stereocenters. The average Bonchev–Trinajstić information content (AvgIpc) is 3.32. The Morgan fingerprint density at radius 2 is 2.04 bits per heavy atom. The Balaban J connectivity index is 1.78. The van der Waals surface area contributed by atoms with Gasteiger partial charge in [-0.15, -0.1) is 34.4 Å². The van der Waals surface area contributed by atoms with Crippen LogP contribution >= 0.6 is 34.4 Å².